The molecule has 0 fully saturated rings. The maximum Gasteiger partial charge on any atom is 0.0625 e. The second kappa shape index (κ2) is 3.10. The van der Waals surface area contributed by atoms with Gasteiger partial charge in [0.05, 0.1) is 6.20 Å². The summed E-state index contributed by atoms with van der Waals surface area (Å²) in [5.41, 5.74) is 0. The number of thioether (sulfide) groups is 1. The second-order valence-corrected chi connectivity index (χ2v) is 4.17. The lowest BCUT2D eigenvalue weighted by Gasteiger charge is -1.98. The van der Waals surface area contributed by atoms with Gasteiger partial charge >= 0.3 is 0 Å². The number of aryl methyl sites for hydroxylation is 1. The van der Waals surface area contributed by atoms with E-state index in [-0.39, 0.29) is 0 Å². The second-order valence-electron chi connectivity index (χ2n) is 2.52. The highest BCUT2D eigenvalue weighted by Crippen LogP contribution is 2.20. The Kier molecular flexibility index (Phi) is 2.38. The van der Waals surface area contributed by atoms with Crippen LogP contribution in [0.25, 0.3) is 0 Å². The van der Waals surface area contributed by atoms with Gasteiger partial charge in [-0.3, -0.25) is 4.68 Å². The summed E-state index contributed by atoms with van der Waals surface area (Å²) in [6, 6.07) is 0. The van der Waals surface area contributed by atoms with Gasteiger partial charge in [-0.1, -0.05) is 13.8 Å². The van der Waals surface area contributed by atoms with Crippen LogP contribution < -0.4 is 0 Å². The minimum Gasteiger partial charge on any atom is -0.275 e. The lowest BCUT2D eigenvalue weighted by molar-refractivity contribution is 0.766. The Balaban J connectivity index is 2.58. The van der Waals surface area contributed by atoms with Crippen LogP contribution in [0.1, 0.15) is 13.8 Å². The molecule has 0 spiro atoms. The molecule has 0 aliphatic rings. The van der Waals surface area contributed by atoms with Gasteiger partial charge in [-0.2, -0.15) is 5.10 Å². The van der Waals surface area contributed by atoms with Crippen LogP contribution in [-0.4, -0.2) is 15.0 Å². The zero-order valence-electron chi connectivity index (χ0n) is 6.53. The van der Waals surface area contributed by atoms with Crippen LogP contribution >= 0.6 is 11.8 Å². The van der Waals surface area contributed by atoms with Crippen LogP contribution in [0.15, 0.2) is 17.3 Å². The van der Waals surface area contributed by atoms with E-state index in [9.17, 15) is 0 Å². The Hall–Kier alpha value is -0.440. The van der Waals surface area contributed by atoms with Crippen molar-refractivity contribution in [1.82, 2.24) is 9.78 Å². The maximum atomic E-state index is 4.07. The summed E-state index contributed by atoms with van der Waals surface area (Å²) >= 11 is 1.84. The first-order chi connectivity index (χ1) is 4.68. The molecule has 56 valence electrons. The van der Waals surface area contributed by atoms with E-state index < -0.39 is 0 Å². The van der Waals surface area contributed by atoms with E-state index in [4.69, 9.17) is 0 Å². The first-order valence-corrected chi connectivity index (χ1v) is 4.22. The monoisotopic (exact) mass is 156 g/mol. The molecular formula is C7H12N2S. The third kappa shape index (κ3) is 2.06. The molecule has 0 aliphatic carbocycles. The molecule has 0 bridgehead atoms. The van der Waals surface area contributed by atoms with Crippen LogP contribution in [-0.2, 0) is 7.05 Å². The van der Waals surface area contributed by atoms with E-state index in [1.54, 1.807) is 0 Å². The van der Waals surface area contributed by atoms with Crippen molar-refractivity contribution >= 4 is 11.8 Å². The molecule has 0 unspecified atom stereocenters. The third-order valence-corrected chi connectivity index (χ3v) is 2.01. The number of nitrogens with zero attached hydrogens (tertiary/aromatic N) is 2. The summed E-state index contributed by atoms with van der Waals surface area (Å²) in [6.45, 7) is 4.36. The predicted molar refractivity (Wildman–Crippen MR) is 44.2 cm³/mol. The summed E-state index contributed by atoms with van der Waals surface area (Å²) in [5.74, 6) is 0. The van der Waals surface area contributed by atoms with Gasteiger partial charge in [0.1, 0.15) is 0 Å². The van der Waals surface area contributed by atoms with Crippen molar-refractivity contribution in [3.8, 4) is 0 Å². The summed E-state index contributed by atoms with van der Waals surface area (Å²) in [4.78, 5) is 1.25. The van der Waals surface area contributed by atoms with E-state index in [2.05, 4.69) is 18.9 Å². The van der Waals surface area contributed by atoms with Crippen molar-refractivity contribution < 1.29 is 0 Å². The molecule has 0 N–H and O–H groups in total. The molecule has 0 aliphatic heterocycles. The fourth-order valence-electron chi connectivity index (χ4n) is 0.732. The SMILES string of the molecule is CC(C)Sc1cnn(C)c1. The maximum absolute atomic E-state index is 4.07. The van der Waals surface area contributed by atoms with Crippen LogP contribution in [0, 0.1) is 0 Å². The van der Waals surface area contributed by atoms with Crippen LogP contribution in [0.2, 0.25) is 0 Å². The van der Waals surface area contributed by atoms with E-state index in [0.717, 1.165) is 0 Å². The standard InChI is InChI=1S/C7H12N2S/c1-6(2)10-7-4-8-9(3)5-7/h4-6H,1-3H3. The molecule has 1 aromatic heterocycles. The minimum absolute atomic E-state index is 0.643. The van der Waals surface area contributed by atoms with Gasteiger partial charge < -0.3 is 0 Å². The Morgan fingerprint density at radius 3 is 2.70 bits per heavy atom. The minimum atomic E-state index is 0.643. The predicted octanol–water partition coefficient (Wildman–Crippen LogP) is 1.92. The lowest BCUT2D eigenvalue weighted by Crippen LogP contribution is -1.85. The van der Waals surface area contributed by atoms with Crippen molar-refractivity contribution in [2.75, 3.05) is 0 Å². The largest absolute Gasteiger partial charge is 0.275 e. The third-order valence-electron chi connectivity index (χ3n) is 1.05. The highest BCUT2D eigenvalue weighted by Gasteiger charge is 1.98. The van der Waals surface area contributed by atoms with Gasteiger partial charge in [-0.15, -0.1) is 11.8 Å². The van der Waals surface area contributed by atoms with Gasteiger partial charge in [0.2, 0.25) is 0 Å². The first-order valence-electron chi connectivity index (χ1n) is 3.34. The quantitative estimate of drug-likeness (QED) is 0.609. The molecule has 0 atom stereocenters. The summed E-state index contributed by atoms with van der Waals surface area (Å²) in [6.07, 6.45) is 3.93. The molecular weight excluding hydrogens is 144 g/mol. The van der Waals surface area contributed by atoms with Crippen molar-refractivity contribution in [1.29, 1.82) is 0 Å². The van der Waals surface area contributed by atoms with Gasteiger partial charge in [0.15, 0.2) is 0 Å². The summed E-state index contributed by atoms with van der Waals surface area (Å²) in [7, 11) is 1.93. The topological polar surface area (TPSA) is 17.8 Å². The number of aromatic nitrogens is 2. The fraction of sp³-hybridized carbons (Fsp3) is 0.571. The molecule has 0 saturated carbocycles. The van der Waals surface area contributed by atoms with E-state index in [1.807, 2.05) is 35.9 Å². The van der Waals surface area contributed by atoms with Gasteiger partial charge in [0, 0.05) is 23.4 Å². The van der Waals surface area contributed by atoms with E-state index in [1.165, 1.54) is 4.90 Å². The highest BCUT2D eigenvalue weighted by atomic mass is 32.2. The zero-order valence-corrected chi connectivity index (χ0v) is 7.35. The van der Waals surface area contributed by atoms with E-state index >= 15 is 0 Å². The molecule has 0 aromatic carbocycles. The van der Waals surface area contributed by atoms with Gasteiger partial charge in [0.25, 0.3) is 0 Å². The average molecular weight is 156 g/mol. The fourth-order valence-corrected chi connectivity index (χ4v) is 1.60. The van der Waals surface area contributed by atoms with Gasteiger partial charge in [-0.05, 0) is 0 Å². The Labute approximate surface area is 65.6 Å². The average Bonchev–Trinajstić information content (AvgIpc) is 2.13. The zero-order chi connectivity index (χ0) is 7.56. The van der Waals surface area contributed by atoms with Crippen molar-refractivity contribution in [3.05, 3.63) is 12.4 Å². The summed E-state index contributed by atoms with van der Waals surface area (Å²) < 4.78 is 1.82. The Bertz CT molecular complexity index is 205. The van der Waals surface area contributed by atoms with Crippen molar-refractivity contribution in [2.45, 2.75) is 24.0 Å². The number of rotatable bonds is 2. The Morgan fingerprint density at radius 2 is 2.30 bits per heavy atom. The number of hydrogen-bond donors (Lipinski definition) is 0. The van der Waals surface area contributed by atoms with Crippen molar-refractivity contribution in [3.63, 3.8) is 0 Å². The molecule has 1 heterocycles. The molecule has 1 aromatic rings. The van der Waals surface area contributed by atoms with Crippen LogP contribution in [0.3, 0.4) is 0 Å². The molecule has 0 radical (unpaired) electrons. The molecule has 10 heavy (non-hydrogen) atoms. The molecule has 2 nitrogen and oxygen atoms in total. The summed E-state index contributed by atoms with van der Waals surface area (Å²) in [5, 5.41) is 4.71. The van der Waals surface area contributed by atoms with Crippen molar-refractivity contribution in [2.24, 2.45) is 7.05 Å². The lowest BCUT2D eigenvalue weighted by atomic mass is 10.6. The van der Waals surface area contributed by atoms with Crippen LogP contribution in [0.4, 0.5) is 0 Å². The Morgan fingerprint density at radius 1 is 1.60 bits per heavy atom. The van der Waals surface area contributed by atoms with E-state index in [0.29, 0.717) is 5.25 Å². The molecule has 0 saturated heterocycles. The molecule has 0 amide bonds. The molecule has 3 heteroatoms. The normalized spacial score (nSPS) is 10.8. The number of hydrogen-bond acceptors (Lipinski definition) is 2. The highest BCUT2D eigenvalue weighted by molar-refractivity contribution is 7.99. The molecule has 1 rings (SSSR count). The van der Waals surface area contributed by atoms with Gasteiger partial charge in [-0.25, -0.2) is 0 Å². The first kappa shape index (κ1) is 7.66. The smallest absolute Gasteiger partial charge is 0.0625 e. The van der Waals surface area contributed by atoms with Crippen LogP contribution in [0.5, 0.6) is 0 Å².